The second-order valence-corrected chi connectivity index (χ2v) is 10.2. The van der Waals surface area contributed by atoms with Crippen LogP contribution in [0.5, 0.6) is 0 Å². The van der Waals surface area contributed by atoms with Crippen molar-refractivity contribution in [1.29, 1.82) is 0 Å². The summed E-state index contributed by atoms with van der Waals surface area (Å²) in [5.41, 5.74) is 5.72. The van der Waals surface area contributed by atoms with Gasteiger partial charge in [0.1, 0.15) is 7.85 Å². The van der Waals surface area contributed by atoms with Gasteiger partial charge in [-0.25, -0.2) is 24.0 Å². The number of carboxylic acids is 1. The van der Waals surface area contributed by atoms with Crippen LogP contribution in [0, 0.1) is 0 Å². The van der Waals surface area contributed by atoms with Crippen LogP contribution in [-0.2, 0) is 0 Å². The highest BCUT2D eigenvalue weighted by Gasteiger charge is 2.10. The van der Waals surface area contributed by atoms with Gasteiger partial charge in [0.25, 0.3) is 5.91 Å². The minimum absolute atomic E-state index is 0.155. The molecule has 0 bridgehead atoms. The van der Waals surface area contributed by atoms with E-state index in [4.69, 9.17) is 13.0 Å². The second kappa shape index (κ2) is 12.2. The Bertz CT molecular complexity index is 2680. The molecule has 47 heavy (non-hydrogen) atoms. The number of hydrogen-bond acceptors (Lipinski definition) is 6. The largest absolute Gasteiger partial charge is 0.478 e. The first-order valence-corrected chi connectivity index (χ1v) is 13.7. The highest BCUT2D eigenvalue weighted by Crippen LogP contribution is 2.17. The third-order valence-electron chi connectivity index (χ3n) is 6.85. The summed E-state index contributed by atoms with van der Waals surface area (Å²) in [7, 11) is 5.50. The molecule has 232 valence electrons. The molecule has 8 rings (SSSR count). The van der Waals surface area contributed by atoms with Crippen LogP contribution in [0.15, 0.2) is 92.0 Å². The Kier molecular flexibility index (Phi) is 7.76. The van der Waals surface area contributed by atoms with Crippen molar-refractivity contribution in [3.05, 3.63) is 126 Å². The quantitative estimate of drug-likeness (QED) is 0.128. The first kappa shape index (κ1) is 30.0. The summed E-state index contributed by atoms with van der Waals surface area (Å²) < 4.78 is 0. The van der Waals surface area contributed by atoms with Crippen molar-refractivity contribution in [3.8, 4) is 0 Å². The van der Waals surface area contributed by atoms with E-state index in [-0.39, 0.29) is 34.2 Å². The monoisotopic (exact) mass is 631 g/mol. The molecular weight excluding hydrogens is 609 g/mol. The number of aromatic nitrogens is 8. The average Bonchev–Trinajstić information content (AvgIpc) is 3.78. The molecular formula is C30H22BN9O7. The molecule has 10 N–H and O–H groups in total. The highest BCUT2D eigenvalue weighted by molar-refractivity contribution is 6.33. The fourth-order valence-corrected chi connectivity index (χ4v) is 4.70. The van der Waals surface area contributed by atoms with Crippen molar-refractivity contribution in [2.24, 2.45) is 0 Å². The minimum atomic E-state index is -1.01. The zero-order valence-corrected chi connectivity index (χ0v) is 23.9. The predicted octanol–water partition coefficient (Wildman–Crippen LogP) is 1.48. The van der Waals surface area contributed by atoms with Gasteiger partial charge in [-0.15, -0.1) is 0 Å². The predicted molar refractivity (Wildman–Crippen MR) is 176 cm³/mol. The number of H-pyrrole nitrogens is 8. The van der Waals surface area contributed by atoms with E-state index in [2.05, 4.69) is 45.2 Å². The van der Waals surface area contributed by atoms with Crippen molar-refractivity contribution >= 4 is 75.0 Å². The van der Waals surface area contributed by atoms with E-state index in [1.165, 1.54) is 12.1 Å². The van der Waals surface area contributed by atoms with E-state index in [9.17, 15) is 28.8 Å². The number of carbonyl (C=O) groups excluding carboxylic acids is 1. The van der Waals surface area contributed by atoms with Gasteiger partial charge in [0.2, 0.25) is 0 Å². The molecule has 0 aliphatic heterocycles. The maximum absolute atomic E-state index is 12.3. The van der Waals surface area contributed by atoms with Gasteiger partial charge in [0.15, 0.2) is 0 Å². The van der Waals surface area contributed by atoms with Crippen LogP contribution in [0.25, 0.3) is 44.1 Å². The molecule has 0 aliphatic carbocycles. The molecule has 4 aromatic heterocycles. The number of anilines is 1. The zero-order valence-electron chi connectivity index (χ0n) is 23.9. The Morgan fingerprint density at radius 1 is 0.489 bits per heavy atom. The Morgan fingerprint density at radius 2 is 0.872 bits per heavy atom. The van der Waals surface area contributed by atoms with E-state index in [1.807, 2.05) is 0 Å². The Labute approximate surface area is 260 Å². The number of hydrogen-bond donors (Lipinski definition) is 10. The van der Waals surface area contributed by atoms with Crippen LogP contribution in [0.1, 0.15) is 20.7 Å². The summed E-state index contributed by atoms with van der Waals surface area (Å²) >= 11 is 0. The molecule has 0 atom stereocenters. The van der Waals surface area contributed by atoms with Gasteiger partial charge in [-0.3, -0.25) is 4.79 Å². The molecule has 4 heterocycles. The Hall–Kier alpha value is -7.04. The van der Waals surface area contributed by atoms with Crippen molar-refractivity contribution in [2.75, 3.05) is 5.32 Å². The fourth-order valence-electron chi connectivity index (χ4n) is 4.70. The van der Waals surface area contributed by atoms with E-state index < -0.39 is 5.97 Å². The lowest BCUT2D eigenvalue weighted by atomic mass is 9.96. The summed E-state index contributed by atoms with van der Waals surface area (Å²) in [4.78, 5) is 87.6. The first-order valence-electron chi connectivity index (χ1n) is 13.7. The van der Waals surface area contributed by atoms with Crippen molar-refractivity contribution in [2.45, 2.75) is 0 Å². The van der Waals surface area contributed by atoms with Gasteiger partial charge >= 0.3 is 28.7 Å². The SMILES string of the molecule is O=C(Nc1ccc2[nH]c(=O)[nH]c2c1)c1ccc2[nH]c(=O)[nH]c2c1.O=C(O)c1ccc2[nH]c(=O)[nH]c2c1.[B]c1ccc2[nH]c(=O)[nH]c2c1. The maximum Gasteiger partial charge on any atom is 0.335 e. The van der Waals surface area contributed by atoms with E-state index in [0.717, 1.165) is 11.0 Å². The van der Waals surface area contributed by atoms with Gasteiger partial charge in [-0.1, -0.05) is 11.5 Å². The van der Waals surface area contributed by atoms with E-state index in [1.54, 1.807) is 60.7 Å². The lowest BCUT2D eigenvalue weighted by Gasteiger charge is -2.05. The lowest BCUT2D eigenvalue weighted by Crippen LogP contribution is -2.11. The van der Waals surface area contributed by atoms with Gasteiger partial charge in [-0.05, 0) is 66.7 Å². The number of carbonyl (C=O) groups is 2. The number of aromatic amines is 8. The molecule has 4 aromatic carbocycles. The second-order valence-electron chi connectivity index (χ2n) is 10.2. The van der Waals surface area contributed by atoms with Crippen LogP contribution >= 0.6 is 0 Å². The van der Waals surface area contributed by atoms with E-state index in [0.29, 0.717) is 49.8 Å². The van der Waals surface area contributed by atoms with Crippen molar-refractivity contribution in [1.82, 2.24) is 39.9 Å². The van der Waals surface area contributed by atoms with Gasteiger partial charge < -0.3 is 50.3 Å². The fraction of sp³-hybridized carbons (Fsp3) is 0. The number of amides is 1. The topological polar surface area (TPSA) is 261 Å². The number of benzene rings is 4. The molecule has 17 heteroatoms. The summed E-state index contributed by atoms with van der Waals surface area (Å²) in [5.74, 6) is -1.32. The molecule has 0 unspecified atom stereocenters. The average molecular weight is 631 g/mol. The van der Waals surface area contributed by atoms with Crippen LogP contribution in [0.3, 0.4) is 0 Å². The molecule has 16 nitrogen and oxygen atoms in total. The molecule has 1 amide bonds. The summed E-state index contributed by atoms with van der Waals surface area (Å²) in [6.07, 6.45) is 0. The van der Waals surface area contributed by atoms with Gasteiger partial charge in [0.05, 0.1) is 49.7 Å². The number of fused-ring (bicyclic) bond motifs is 4. The third kappa shape index (κ3) is 6.73. The normalized spacial score (nSPS) is 10.8. The number of imidazole rings is 4. The Balaban J connectivity index is 0.000000136. The number of carboxylic acid groups (broad SMARTS) is 1. The lowest BCUT2D eigenvalue weighted by molar-refractivity contribution is 0.0696. The van der Waals surface area contributed by atoms with Crippen LogP contribution in [-0.4, -0.2) is 64.7 Å². The standard InChI is InChI=1S/C15H11N5O3.C8H6N2O3.C7H5BN2O/c21-13(7-1-3-9-11(5-7)19-14(22)17-9)16-8-2-4-10-12(6-8)20-15(23)18-10;11-7(12)4-1-2-5-6(3-4)10-8(13)9-5;8-4-1-2-5-6(3-4)10-7(11)9-5/h1-6H,(H,16,21)(H2,17,19,22)(H2,18,20,23);1-3H,(H,11,12)(H2,9,10,13);1-3H,(H2,9,10,11). The molecule has 0 aliphatic rings. The smallest absolute Gasteiger partial charge is 0.335 e. The van der Waals surface area contributed by atoms with Crippen LogP contribution in [0.2, 0.25) is 0 Å². The number of rotatable bonds is 3. The van der Waals surface area contributed by atoms with Crippen molar-refractivity contribution in [3.63, 3.8) is 0 Å². The molecule has 0 saturated heterocycles. The van der Waals surface area contributed by atoms with Crippen molar-refractivity contribution < 1.29 is 14.7 Å². The third-order valence-corrected chi connectivity index (χ3v) is 6.85. The summed E-state index contributed by atoms with van der Waals surface area (Å²) in [6.45, 7) is 0. The summed E-state index contributed by atoms with van der Waals surface area (Å²) in [6, 6.07) is 19.6. The number of nitrogens with one attached hydrogen (secondary N) is 9. The molecule has 2 radical (unpaired) electrons. The maximum atomic E-state index is 12.3. The highest BCUT2D eigenvalue weighted by atomic mass is 16.4. The van der Waals surface area contributed by atoms with Crippen LogP contribution < -0.4 is 33.5 Å². The molecule has 0 spiro atoms. The first-order chi connectivity index (χ1) is 22.5. The molecule has 0 fully saturated rings. The molecule has 0 saturated carbocycles. The number of aromatic carboxylic acids is 1. The van der Waals surface area contributed by atoms with Gasteiger partial charge in [0, 0.05) is 11.3 Å². The van der Waals surface area contributed by atoms with Crippen LogP contribution in [0.4, 0.5) is 5.69 Å². The zero-order chi connectivity index (χ0) is 33.2. The van der Waals surface area contributed by atoms with Gasteiger partial charge in [-0.2, -0.15) is 0 Å². The Morgan fingerprint density at radius 3 is 1.38 bits per heavy atom. The van der Waals surface area contributed by atoms with E-state index >= 15 is 0 Å². The molecule has 8 aromatic rings. The summed E-state index contributed by atoms with van der Waals surface area (Å²) in [5, 5.41) is 11.4. The minimum Gasteiger partial charge on any atom is -0.478 e.